The van der Waals surface area contributed by atoms with Gasteiger partial charge in [0.15, 0.2) is 0 Å². The monoisotopic (exact) mass is 395 g/mol. The van der Waals surface area contributed by atoms with E-state index in [0.717, 1.165) is 24.6 Å². The zero-order valence-electron chi connectivity index (χ0n) is 12.8. The molecule has 3 nitrogen and oxygen atoms in total. The highest BCUT2D eigenvalue weighted by Gasteiger charge is 2.07. The highest BCUT2D eigenvalue weighted by atomic mass is 127. The molecule has 1 N–H and O–H groups in total. The number of hydrogen-bond acceptors (Lipinski definition) is 3. The zero-order valence-corrected chi connectivity index (χ0v) is 15.0. The third-order valence-corrected chi connectivity index (χ3v) is 4.31. The Labute approximate surface area is 140 Å². The molecule has 1 aromatic heterocycles. The predicted molar refractivity (Wildman–Crippen MR) is 99.0 cm³/mol. The van der Waals surface area contributed by atoms with Gasteiger partial charge < -0.3 is 10.2 Å². The molecular weight excluding hydrogens is 373 g/mol. The minimum atomic E-state index is 0.267. The molecule has 4 heteroatoms. The molecule has 2 rings (SSSR count). The lowest BCUT2D eigenvalue weighted by molar-refractivity contribution is 0.843. The Balaban J connectivity index is 2.04. The Morgan fingerprint density at radius 3 is 2.29 bits per heavy atom. The number of benzene rings is 1. The highest BCUT2D eigenvalue weighted by Crippen LogP contribution is 2.21. The molecule has 0 saturated heterocycles. The molecule has 1 heterocycles. The molecule has 0 radical (unpaired) electrons. The predicted octanol–water partition coefficient (Wildman–Crippen LogP) is 4.71. The van der Waals surface area contributed by atoms with Gasteiger partial charge >= 0.3 is 0 Å². The molecule has 1 atom stereocenters. The van der Waals surface area contributed by atoms with E-state index in [2.05, 4.69) is 95.0 Å². The van der Waals surface area contributed by atoms with Crippen LogP contribution in [0.15, 0.2) is 42.6 Å². The van der Waals surface area contributed by atoms with E-state index in [1.165, 1.54) is 9.13 Å². The van der Waals surface area contributed by atoms with Gasteiger partial charge in [-0.05, 0) is 73.2 Å². The average Bonchev–Trinajstić information content (AvgIpc) is 2.51. The summed E-state index contributed by atoms with van der Waals surface area (Å²) in [6, 6.07) is 13.0. The summed E-state index contributed by atoms with van der Waals surface area (Å²) in [4.78, 5) is 6.79. The van der Waals surface area contributed by atoms with Crippen molar-refractivity contribution in [2.24, 2.45) is 0 Å². The van der Waals surface area contributed by atoms with Crippen LogP contribution in [0.4, 0.5) is 11.5 Å². The summed E-state index contributed by atoms with van der Waals surface area (Å²) < 4.78 is 1.26. The van der Waals surface area contributed by atoms with E-state index in [1.54, 1.807) is 0 Å². The number of rotatable bonds is 6. The molecule has 1 unspecified atom stereocenters. The lowest BCUT2D eigenvalue weighted by Gasteiger charge is -2.20. The first-order valence-electron chi connectivity index (χ1n) is 7.37. The second kappa shape index (κ2) is 7.64. The number of nitrogens with zero attached hydrogens (tertiary/aromatic N) is 2. The van der Waals surface area contributed by atoms with E-state index >= 15 is 0 Å². The number of pyridine rings is 1. The van der Waals surface area contributed by atoms with Gasteiger partial charge in [-0.15, -0.1) is 0 Å². The minimum absolute atomic E-state index is 0.267. The summed E-state index contributed by atoms with van der Waals surface area (Å²) in [7, 11) is 0. The van der Waals surface area contributed by atoms with Crippen molar-refractivity contribution in [2.75, 3.05) is 23.3 Å². The smallest absolute Gasteiger partial charge is 0.128 e. The van der Waals surface area contributed by atoms with Crippen LogP contribution in [0.2, 0.25) is 0 Å². The minimum Gasteiger partial charge on any atom is -0.377 e. The molecule has 0 spiro atoms. The Morgan fingerprint density at radius 1 is 1.10 bits per heavy atom. The standard InChI is InChI=1S/C17H22IN3/c1-4-21(5-2)17-11-10-16(12-19-17)20-13(3)14-6-8-15(18)9-7-14/h6-13,20H,4-5H2,1-3H3. The Hall–Kier alpha value is -1.30. The molecule has 0 fully saturated rings. The van der Waals surface area contributed by atoms with E-state index in [1.807, 2.05) is 6.20 Å². The summed E-state index contributed by atoms with van der Waals surface area (Å²) in [5.74, 6) is 1.03. The molecular formula is C17H22IN3. The normalized spacial score (nSPS) is 12.0. The first kappa shape index (κ1) is 16.1. The molecule has 0 aliphatic carbocycles. The van der Waals surface area contributed by atoms with E-state index in [4.69, 9.17) is 0 Å². The Morgan fingerprint density at radius 2 is 1.76 bits per heavy atom. The fourth-order valence-electron chi connectivity index (χ4n) is 2.29. The molecule has 0 amide bonds. The summed E-state index contributed by atoms with van der Waals surface area (Å²) in [5, 5.41) is 3.50. The van der Waals surface area contributed by atoms with E-state index in [9.17, 15) is 0 Å². The van der Waals surface area contributed by atoms with E-state index in [-0.39, 0.29) is 6.04 Å². The Bertz CT molecular complexity index is 547. The van der Waals surface area contributed by atoms with Crippen LogP contribution in [0.25, 0.3) is 0 Å². The SMILES string of the molecule is CCN(CC)c1ccc(NC(C)c2ccc(I)cc2)cn1. The molecule has 0 bridgehead atoms. The van der Waals surface area contributed by atoms with Gasteiger partial charge in [0.1, 0.15) is 5.82 Å². The van der Waals surface area contributed by atoms with Crippen LogP contribution in [0.5, 0.6) is 0 Å². The average molecular weight is 395 g/mol. The van der Waals surface area contributed by atoms with Gasteiger partial charge in [-0.1, -0.05) is 12.1 Å². The van der Waals surface area contributed by atoms with Crippen molar-refractivity contribution in [1.82, 2.24) is 4.98 Å². The maximum Gasteiger partial charge on any atom is 0.128 e. The van der Waals surface area contributed by atoms with Gasteiger partial charge in [-0.25, -0.2) is 4.98 Å². The van der Waals surface area contributed by atoms with Crippen molar-refractivity contribution in [2.45, 2.75) is 26.8 Å². The number of nitrogens with one attached hydrogen (secondary N) is 1. The van der Waals surface area contributed by atoms with Gasteiger partial charge in [-0.3, -0.25) is 0 Å². The van der Waals surface area contributed by atoms with Crippen molar-refractivity contribution in [3.8, 4) is 0 Å². The fourth-order valence-corrected chi connectivity index (χ4v) is 2.65. The third kappa shape index (κ3) is 4.33. The quantitative estimate of drug-likeness (QED) is 0.719. The van der Waals surface area contributed by atoms with Crippen molar-refractivity contribution in [3.05, 3.63) is 51.7 Å². The van der Waals surface area contributed by atoms with Crippen LogP contribution < -0.4 is 10.2 Å². The topological polar surface area (TPSA) is 28.2 Å². The maximum absolute atomic E-state index is 4.54. The third-order valence-electron chi connectivity index (χ3n) is 3.59. The van der Waals surface area contributed by atoms with Crippen molar-refractivity contribution in [3.63, 3.8) is 0 Å². The lowest BCUT2D eigenvalue weighted by Crippen LogP contribution is -2.22. The number of hydrogen-bond donors (Lipinski definition) is 1. The fraction of sp³-hybridized carbons (Fsp3) is 0.353. The van der Waals surface area contributed by atoms with Crippen LogP contribution in [0, 0.1) is 3.57 Å². The first-order valence-corrected chi connectivity index (χ1v) is 8.45. The van der Waals surface area contributed by atoms with Gasteiger partial charge in [0.25, 0.3) is 0 Å². The lowest BCUT2D eigenvalue weighted by atomic mass is 10.1. The molecule has 112 valence electrons. The molecule has 0 aliphatic rings. The van der Waals surface area contributed by atoms with Gasteiger partial charge in [0, 0.05) is 22.7 Å². The van der Waals surface area contributed by atoms with Gasteiger partial charge in [0.2, 0.25) is 0 Å². The number of anilines is 2. The summed E-state index contributed by atoms with van der Waals surface area (Å²) >= 11 is 2.33. The molecule has 1 aromatic carbocycles. The summed E-state index contributed by atoms with van der Waals surface area (Å²) in [5.41, 5.74) is 2.33. The zero-order chi connectivity index (χ0) is 15.2. The van der Waals surface area contributed by atoms with Crippen LogP contribution in [-0.2, 0) is 0 Å². The van der Waals surface area contributed by atoms with E-state index in [0.29, 0.717) is 0 Å². The molecule has 0 saturated carbocycles. The van der Waals surface area contributed by atoms with Crippen molar-refractivity contribution >= 4 is 34.1 Å². The van der Waals surface area contributed by atoms with Gasteiger partial charge in [-0.2, -0.15) is 0 Å². The maximum atomic E-state index is 4.54. The first-order chi connectivity index (χ1) is 10.1. The summed E-state index contributed by atoms with van der Waals surface area (Å²) in [6.07, 6.45) is 1.91. The van der Waals surface area contributed by atoms with Crippen LogP contribution >= 0.6 is 22.6 Å². The second-order valence-electron chi connectivity index (χ2n) is 4.99. The second-order valence-corrected chi connectivity index (χ2v) is 6.24. The van der Waals surface area contributed by atoms with E-state index < -0.39 is 0 Å². The Kier molecular flexibility index (Phi) is 5.85. The molecule has 21 heavy (non-hydrogen) atoms. The van der Waals surface area contributed by atoms with Crippen LogP contribution in [0.3, 0.4) is 0 Å². The van der Waals surface area contributed by atoms with Crippen molar-refractivity contribution in [1.29, 1.82) is 0 Å². The van der Waals surface area contributed by atoms with Gasteiger partial charge in [0.05, 0.1) is 11.9 Å². The number of halogens is 1. The highest BCUT2D eigenvalue weighted by molar-refractivity contribution is 14.1. The molecule has 0 aliphatic heterocycles. The summed E-state index contributed by atoms with van der Waals surface area (Å²) in [6.45, 7) is 8.43. The van der Waals surface area contributed by atoms with Crippen molar-refractivity contribution < 1.29 is 0 Å². The largest absolute Gasteiger partial charge is 0.377 e. The van der Waals surface area contributed by atoms with Crippen LogP contribution in [0.1, 0.15) is 32.4 Å². The van der Waals surface area contributed by atoms with Crippen LogP contribution in [-0.4, -0.2) is 18.1 Å². The number of aromatic nitrogens is 1. The molecule has 2 aromatic rings.